The molecule has 3 unspecified atom stereocenters. The Bertz CT molecular complexity index is 111. The van der Waals surface area contributed by atoms with E-state index in [1.807, 2.05) is 0 Å². The van der Waals surface area contributed by atoms with Crippen molar-refractivity contribution in [1.82, 2.24) is 5.32 Å². The van der Waals surface area contributed by atoms with Crippen LogP contribution in [0.2, 0.25) is 0 Å². The van der Waals surface area contributed by atoms with E-state index in [0.29, 0.717) is 0 Å². The van der Waals surface area contributed by atoms with Gasteiger partial charge in [-0.2, -0.15) is 0 Å². The van der Waals surface area contributed by atoms with Crippen LogP contribution in [0.4, 0.5) is 0 Å². The quantitative estimate of drug-likeness (QED) is 0.645. The van der Waals surface area contributed by atoms with Crippen molar-refractivity contribution in [3.8, 4) is 0 Å². The summed E-state index contributed by atoms with van der Waals surface area (Å²) >= 11 is 0. The van der Waals surface area contributed by atoms with Gasteiger partial charge in [-0.05, 0) is 31.7 Å². The number of hydrogen-bond donors (Lipinski definition) is 1. The molecule has 1 saturated heterocycles. The van der Waals surface area contributed by atoms with Crippen LogP contribution in [0, 0.1) is 11.8 Å². The average molecular weight is 155 g/mol. The van der Waals surface area contributed by atoms with Crippen molar-refractivity contribution in [1.29, 1.82) is 0 Å². The maximum absolute atomic E-state index is 3.52. The summed E-state index contributed by atoms with van der Waals surface area (Å²) in [5.41, 5.74) is 0. The molecule has 1 fully saturated rings. The third-order valence-corrected chi connectivity index (χ3v) is 2.91. The Balaban J connectivity index is 2.34. The van der Waals surface area contributed by atoms with Gasteiger partial charge >= 0.3 is 0 Å². The van der Waals surface area contributed by atoms with Gasteiger partial charge in [-0.1, -0.05) is 26.7 Å². The summed E-state index contributed by atoms with van der Waals surface area (Å²) in [5, 5.41) is 3.52. The second kappa shape index (κ2) is 4.10. The molecule has 0 spiro atoms. The minimum atomic E-state index is 0.753. The largest absolute Gasteiger partial charge is 0.314 e. The first kappa shape index (κ1) is 9.05. The van der Waals surface area contributed by atoms with Gasteiger partial charge in [0, 0.05) is 6.04 Å². The molecule has 1 N–H and O–H groups in total. The lowest BCUT2D eigenvalue weighted by molar-refractivity contribution is 0.219. The van der Waals surface area contributed by atoms with Crippen molar-refractivity contribution in [2.75, 3.05) is 6.54 Å². The molecule has 1 aliphatic rings. The molecule has 11 heavy (non-hydrogen) atoms. The molecule has 66 valence electrons. The zero-order valence-electron chi connectivity index (χ0n) is 8.06. The lowest BCUT2D eigenvalue weighted by Crippen LogP contribution is -2.41. The molecule has 0 amide bonds. The van der Waals surface area contributed by atoms with Crippen LogP contribution in [0.5, 0.6) is 0 Å². The van der Waals surface area contributed by atoms with Crippen molar-refractivity contribution >= 4 is 0 Å². The highest BCUT2D eigenvalue weighted by molar-refractivity contribution is 4.79. The summed E-state index contributed by atoms with van der Waals surface area (Å²) in [4.78, 5) is 0. The number of rotatable bonds is 2. The normalized spacial score (nSPS) is 39.0. The zero-order valence-corrected chi connectivity index (χ0v) is 8.06. The molecule has 0 aromatic heterocycles. The summed E-state index contributed by atoms with van der Waals surface area (Å²) in [6.45, 7) is 8.19. The van der Waals surface area contributed by atoms with Crippen molar-refractivity contribution < 1.29 is 0 Å². The van der Waals surface area contributed by atoms with Crippen LogP contribution in [-0.4, -0.2) is 12.6 Å². The van der Waals surface area contributed by atoms with Crippen LogP contribution < -0.4 is 5.32 Å². The molecule has 3 atom stereocenters. The number of nitrogens with one attached hydrogen (secondary N) is 1. The summed E-state index contributed by atoms with van der Waals surface area (Å²) in [6.07, 6.45) is 4.16. The van der Waals surface area contributed by atoms with E-state index in [4.69, 9.17) is 0 Å². The molecule has 1 rings (SSSR count). The van der Waals surface area contributed by atoms with E-state index in [1.165, 1.54) is 25.8 Å². The van der Waals surface area contributed by atoms with Gasteiger partial charge in [0.2, 0.25) is 0 Å². The summed E-state index contributed by atoms with van der Waals surface area (Å²) in [7, 11) is 0. The molecule has 0 aliphatic carbocycles. The van der Waals surface area contributed by atoms with E-state index < -0.39 is 0 Å². The first-order valence-corrected chi connectivity index (χ1v) is 4.97. The van der Waals surface area contributed by atoms with Gasteiger partial charge in [-0.3, -0.25) is 0 Å². The SMILES string of the molecule is CCCC1CC(C)NCC1C. The molecule has 0 radical (unpaired) electrons. The second-order valence-electron chi connectivity index (χ2n) is 4.07. The highest BCUT2D eigenvalue weighted by Gasteiger charge is 2.23. The predicted molar refractivity (Wildman–Crippen MR) is 49.6 cm³/mol. The maximum atomic E-state index is 3.52. The smallest absolute Gasteiger partial charge is 0.00415 e. The van der Waals surface area contributed by atoms with E-state index in [0.717, 1.165) is 17.9 Å². The minimum absolute atomic E-state index is 0.753. The van der Waals surface area contributed by atoms with Crippen molar-refractivity contribution in [3.05, 3.63) is 0 Å². The highest BCUT2D eigenvalue weighted by atomic mass is 14.9. The third kappa shape index (κ3) is 2.48. The maximum Gasteiger partial charge on any atom is 0.00415 e. The number of piperidine rings is 1. The lowest BCUT2D eigenvalue weighted by atomic mass is 9.82. The standard InChI is InChI=1S/C10H21N/c1-4-5-10-6-9(3)11-7-8(10)2/h8-11H,4-7H2,1-3H3. The van der Waals surface area contributed by atoms with Gasteiger partial charge in [0.25, 0.3) is 0 Å². The van der Waals surface area contributed by atoms with Gasteiger partial charge in [-0.25, -0.2) is 0 Å². The summed E-state index contributed by atoms with van der Waals surface area (Å²) in [5.74, 6) is 1.88. The van der Waals surface area contributed by atoms with Crippen LogP contribution in [0.1, 0.15) is 40.0 Å². The fraction of sp³-hybridized carbons (Fsp3) is 1.00. The fourth-order valence-corrected chi connectivity index (χ4v) is 2.10. The van der Waals surface area contributed by atoms with Crippen molar-refractivity contribution in [2.45, 2.75) is 46.1 Å². The van der Waals surface area contributed by atoms with Gasteiger partial charge in [0.15, 0.2) is 0 Å². The third-order valence-electron chi connectivity index (χ3n) is 2.91. The van der Waals surface area contributed by atoms with E-state index >= 15 is 0 Å². The van der Waals surface area contributed by atoms with E-state index in [-0.39, 0.29) is 0 Å². The Kier molecular flexibility index (Phi) is 3.38. The van der Waals surface area contributed by atoms with Crippen LogP contribution in [0.25, 0.3) is 0 Å². The van der Waals surface area contributed by atoms with Gasteiger partial charge in [-0.15, -0.1) is 0 Å². The summed E-state index contributed by atoms with van der Waals surface area (Å²) < 4.78 is 0. The molecule has 0 saturated carbocycles. The molecule has 1 heteroatoms. The van der Waals surface area contributed by atoms with Crippen molar-refractivity contribution in [2.24, 2.45) is 11.8 Å². The summed E-state index contributed by atoms with van der Waals surface area (Å²) in [6, 6.07) is 0.753. The van der Waals surface area contributed by atoms with Crippen LogP contribution >= 0.6 is 0 Å². The Morgan fingerprint density at radius 2 is 2.09 bits per heavy atom. The lowest BCUT2D eigenvalue weighted by Gasteiger charge is -2.33. The van der Waals surface area contributed by atoms with Gasteiger partial charge in [0.05, 0.1) is 0 Å². The van der Waals surface area contributed by atoms with Crippen LogP contribution in [0.3, 0.4) is 0 Å². The molecular formula is C10H21N. The van der Waals surface area contributed by atoms with Crippen LogP contribution in [-0.2, 0) is 0 Å². The second-order valence-corrected chi connectivity index (χ2v) is 4.07. The molecule has 1 nitrogen and oxygen atoms in total. The fourth-order valence-electron chi connectivity index (χ4n) is 2.10. The number of hydrogen-bond acceptors (Lipinski definition) is 1. The van der Waals surface area contributed by atoms with E-state index in [1.54, 1.807) is 0 Å². The monoisotopic (exact) mass is 155 g/mol. The Hall–Kier alpha value is -0.0400. The van der Waals surface area contributed by atoms with Crippen molar-refractivity contribution in [3.63, 3.8) is 0 Å². The minimum Gasteiger partial charge on any atom is -0.314 e. The Labute approximate surface area is 70.6 Å². The predicted octanol–water partition coefficient (Wildman–Crippen LogP) is 2.42. The molecule has 0 bridgehead atoms. The highest BCUT2D eigenvalue weighted by Crippen LogP contribution is 2.25. The molecule has 1 aliphatic heterocycles. The molecule has 0 aromatic carbocycles. The van der Waals surface area contributed by atoms with Gasteiger partial charge in [0.1, 0.15) is 0 Å². The molecular weight excluding hydrogens is 134 g/mol. The average Bonchev–Trinajstić information content (AvgIpc) is 1.98. The topological polar surface area (TPSA) is 12.0 Å². The van der Waals surface area contributed by atoms with Gasteiger partial charge < -0.3 is 5.32 Å². The van der Waals surface area contributed by atoms with E-state index in [2.05, 4.69) is 26.1 Å². The van der Waals surface area contributed by atoms with Crippen LogP contribution in [0.15, 0.2) is 0 Å². The zero-order chi connectivity index (χ0) is 8.27. The first-order chi connectivity index (χ1) is 5.24. The first-order valence-electron chi connectivity index (χ1n) is 4.97. The Morgan fingerprint density at radius 3 is 2.73 bits per heavy atom. The van der Waals surface area contributed by atoms with E-state index in [9.17, 15) is 0 Å². The molecule has 1 heterocycles. The Morgan fingerprint density at radius 1 is 1.36 bits per heavy atom. The molecule has 0 aromatic rings.